The highest BCUT2D eigenvalue weighted by Gasteiger charge is 2.33. The summed E-state index contributed by atoms with van der Waals surface area (Å²) in [5.74, 6) is 1.01. The third kappa shape index (κ3) is 1.41. The summed E-state index contributed by atoms with van der Waals surface area (Å²) in [7, 11) is 0. The second-order valence-electron chi connectivity index (χ2n) is 4.83. The van der Waals surface area contributed by atoms with E-state index in [2.05, 4.69) is 33.3 Å². The first-order chi connectivity index (χ1) is 7.67. The van der Waals surface area contributed by atoms with Crippen LogP contribution in [0.5, 0.6) is 0 Å². The van der Waals surface area contributed by atoms with Crippen LogP contribution in [0.2, 0.25) is 0 Å². The van der Waals surface area contributed by atoms with E-state index in [1.807, 2.05) is 13.1 Å². The third-order valence-corrected chi connectivity index (χ3v) is 3.37. The number of rotatable bonds is 1. The quantitative estimate of drug-likeness (QED) is 0.765. The van der Waals surface area contributed by atoms with Crippen LogP contribution in [0, 0.1) is 6.92 Å². The second kappa shape index (κ2) is 3.28. The second-order valence-corrected chi connectivity index (χ2v) is 4.83. The largest absolute Gasteiger partial charge is 0.339 e. The molecule has 16 heavy (non-hydrogen) atoms. The SMILES string of the molecule is Cc1cnc2nc(C3(C)CCCN3)[nH]c2c1. The molecule has 1 atom stereocenters. The average molecular weight is 216 g/mol. The van der Waals surface area contributed by atoms with Crippen molar-refractivity contribution in [2.45, 2.75) is 32.2 Å². The average Bonchev–Trinajstić information content (AvgIpc) is 2.84. The highest BCUT2D eigenvalue weighted by Crippen LogP contribution is 2.29. The van der Waals surface area contributed by atoms with Crippen molar-refractivity contribution >= 4 is 11.2 Å². The Bertz CT molecular complexity index is 523. The Labute approximate surface area is 94.5 Å². The molecule has 0 amide bonds. The first kappa shape index (κ1) is 9.78. The minimum absolute atomic E-state index is 0.00535. The smallest absolute Gasteiger partial charge is 0.177 e. The molecule has 3 heterocycles. The van der Waals surface area contributed by atoms with Gasteiger partial charge in [-0.1, -0.05) is 0 Å². The Kier molecular flexibility index (Phi) is 2.01. The van der Waals surface area contributed by atoms with Crippen LogP contribution in [-0.4, -0.2) is 21.5 Å². The van der Waals surface area contributed by atoms with Crippen molar-refractivity contribution in [3.63, 3.8) is 0 Å². The molecule has 1 aliphatic rings. The van der Waals surface area contributed by atoms with Crippen LogP contribution >= 0.6 is 0 Å². The number of nitrogens with zero attached hydrogens (tertiary/aromatic N) is 2. The molecule has 0 bridgehead atoms. The van der Waals surface area contributed by atoms with Crippen LogP contribution in [0.1, 0.15) is 31.2 Å². The predicted octanol–water partition coefficient (Wildman–Crippen LogP) is 1.86. The van der Waals surface area contributed by atoms with Crippen LogP contribution in [0.15, 0.2) is 12.3 Å². The summed E-state index contributed by atoms with van der Waals surface area (Å²) in [6.07, 6.45) is 4.20. The van der Waals surface area contributed by atoms with E-state index in [9.17, 15) is 0 Å². The zero-order valence-electron chi connectivity index (χ0n) is 9.67. The summed E-state index contributed by atoms with van der Waals surface area (Å²) in [5.41, 5.74) is 3.00. The molecule has 0 radical (unpaired) electrons. The standard InChI is InChI=1S/C12H16N4/c1-8-6-9-10(13-7-8)16-11(15-9)12(2)4-3-5-14-12/h6-7,14H,3-5H2,1-2H3,(H,13,15,16). The normalized spacial score (nSPS) is 25.4. The molecule has 2 aromatic heterocycles. The van der Waals surface area contributed by atoms with Crippen LogP contribution in [-0.2, 0) is 5.54 Å². The molecule has 0 spiro atoms. The van der Waals surface area contributed by atoms with Crippen molar-refractivity contribution in [1.82, 2.24) is 20.3 Å². The Morgan fingerprint density at radius 2 is 2.31 bits per heavy atom. The van der Waals surface area contributed by atoms with Crippen molar-refractivity contribution in [3.8, 4) is 0 Å². The summed E-state index contributed by atoms with van der Waals surface area (Å²) < 4.78 is 0. The zero-order valence-corrected chi connectivity index (χ0v) is 9.67. The molecule has 1 fully saturated rings. The van der Waals surface area contributed by atoms with Crippen LogP contribution in [0.3, 0.4) is 0 Å². The summed E-state index contributed by atoms with van der Waals surface area (Å²) in [6.45, 7) is 5.31. The van der Waals surface area contributed by atoms with Gasteiger partial charge in [0, 0.05) is 6.20 Å². The number of aryl methyl sites for hydroxylation is 1. The van der Waals surface area contributed by atoms with E-state index in [4.69, 9.17) is 0 Å². The van der Waals surface area contributed by atoms with Crippen molar-refractivity contribution in [1.29, 1.82) is 0 Å². The molecule has 4 nitrogen and oxygen atoms in total. The highest BCUT2D eigenvalue weighted by atomic mass is 15.1. The first-order valence-electron chi connectivity index (χ1n) is 5.75. The highest BCUT2D eigenvalue weighted by molar-refractivity contribution is 5.71. The Morgan fingerprint density at radius 3 is 3.06 bits per heavy atom. The zero-order chi connectivity index (χ0) is 11.2. The lowest BCUT2D eigenvalue weighted by molar-refractivity contribution is 0.412. The molecular formula is C12H16N4. The van der Waals surface area contributed by atoms with Gasteiger partial charge in [-0.3, -0.25) is 0 Å². The minimum atomic E-state index is -0.00535. The summed E-state index contributed by atoms with van der Waals surface area (Å²) in [4.78, 5) is 12.3. The predicted molar refractivity (Wildman–Crippen MR) is 63.2 cm³/mol. The number of pyridine rings is 1. The van der Waals surface area contributed by atoms with E-state index in [1.54, 1.807) is 0 Å². The first-order valence-corrected chi connectivity index (χ1v) is 5.75. The molecule has 1 saturated heterocycles. The van der Waals surface area contributed by atoms with Gasteiger partial charge in [0.2, 0.25) is 0 Å². The Hall–Kier alpha value is -1.42. The molecule has 0 aromatic carbocycles. The van der Waals surface area contributed by atoms with Gasteiger partial charge in [-0.25, -0.2) is 9.97 Å². The number of hydrogen-bond donors (Lipinski definition) is 2. The van der Waals surface area contributed by atoms with Gasteiger partial charge >= 0.3 is 0 Å². The van der Waals surface area contributed by atoms with Crippen LogP contribution in [0.4, 0.5) is 0 Å². The molecule has 0 aliphatic carbocycles. The number of aromatic nitrogens is 3. The molecule has 1 aliphatic heterocycles. The Morgan fingerprint density at radius 1 is 1.44 bits per heavy atom. The molecule has 84 valence electrons. The minimum Gasteiger partial charge on any atom is -0.339 e. The summed E-state index contributed by atoms with van der Waals surface area (Å²) in [6, 6.07) is 2.09. The molecule has 1 unspecified atom stereocenters. The van der Waals surface area contributed by atoms with Gasteiger partial charge in [-0.2, -0.15) is 0 Å². The van der Waals surface area contributed by atoms with E-state index >= 15 is 0 Å². The van der Waals surface area contributed by atoms with Crippen molar-refractivity contribution in [2.24, 2.45) is 0 Å². The maximum Gasteiger partial charge on any atom is 0.177 e. The van der Waals surface area contributed by atoms with Crippen molar-refractivity contribution in [2.75, 3.05) is 6.54 Å². The number of H-pyrrole nitrogens is 1. The van der Waals surface area contributed by atoms with Crippen LogP contribution in [0.25, 0.3) is 11.2 Å². The maximum atomic E-state index is 4.58. The Balaban J connectivity index is 2.11. The summed E-state index contributed by atoms with van der Waals surface area (Å²) in [5, 5.41) is 3.50. The summed E-state index contributed by atoms with van der Waals surface area (Å²) >= 11 is 0. The number of fused-ring (bicyclic) bond motifs is 1. The van der Waals surface area contributed by atoms with Gasteiger partial charge in [0.05, 0.1) is 11.1 Å². The third-order valence-electron chi connectivity index (χ3n) is 3.37. The fourth-order valence-electron chi connectivity index (χ4n) is 2.36. The van der Waals surface area contributed by atoms with Gasteiger partial charge in [0.1, 0.15) is 5.82 Å². The van der Waals surface area contributed by atoms with Gasteiger partial charge in [0.15, 0.2) is 5.65 Å². The van der Waals surface area contributed by atoms with Gasteiger partial charge in [0.25, 0.3) is 0 Å². The number of hydrogen-bond acceptors (Lipinski definition) is 3. The van der Waals surface area contributed by atoms with Crippen LogP contribution < -0.4 is 5.32 Å². The lowest BCUT2D eigenvalue weighted by Crippen LogP contribution is -2.34. The molecule has 0 saturated carbocycles. The van der Waals surface area contributed by atoms with E-state index in [0.29, 0.717) is 0 Å². The molecule has 2 N–H and O–H groups in total. The van der Waals surface area contributed by atoms with E-state index < -0.39 is 0 Å². The van der Waals surface area contributed by atoms with E-state index in [1.165, 1.54) is 6.42 Å². The maximum absolute atomic E-state index is 4.58. The number of imidazole rings is 1. The van der Waals surface area contributed by atoms with Gasteiger partial charge in [-0.05, 0) is 44.9 Å². The molecule has 3 rings (SSSR count). The van der Waals surface area contributed by atoms with E-state index in [-0.39, 0.29) is 5.54 Å². The van der Waals surface area contributed by atoms with E-state index in [0.717, 1.165) is 35.5 Å². The van der Waals surface area contributed by atoms with Gasteiger partial charge < -0.3 is 10.3 Å². The lowest BCUT2D eigenvalue weighted by atomic mass is 10.00. The topological polar surface area (TPSA) is 53.6 Å². The fraction of sp³-hybridized carbons (Fsp3) is 0.500. The van der Waals surface area contributed by atoms with Crippen molar-refractivity contribution in [3.05, 3.63) is 23.7 Å². The molecule has 2 aromatic rings. The number of nitrogens with one attached hydrogen (secondary N) is 2. The molecule has 4 heteroatoms. The lowest BCUT2D eigenvalue weighted by Gasteiger charge is -2.20. The monoisotopic (exact) mass is 216 g/mol. The van der Waals surface area contributed by atoms with Crippen molar-refractivity contribution < 1.29 is 0 Å². The molecular weight excluding hydrogens is 200 g/mol. The number of aromatic amines is 1. The fourth-order valence-corrected chi connectivity index (χ4v) is 2.36. The van der Waals surface area contributed by atoms with Gasteiger partial charge in [-0.15, -0.1) is 0 Å².